The fraction of sp³-hybridized carbons (Fsp3) is 0.294. The number of benzene rings is 1. The van der Waals surface area contributed by atoms with E-state index < -0.39 is 24.0 Å². The lowest BCUT2D eigenvalue weighted by atomic mass is 10.2. The van der Waals surface area contributed by atoms with Gasteiger partial charge in [-0.15, -0.1) is 11.3 Å². The predicted molar refractivity (Wildman–Crippen MR) is 95.9 cm³/mol. The highest BCUT2D eigenvalue weighted by molar-refractivity contribution is 7.13. The summed E-state index contributed by atoms with van der Waals surface area (Å²) in [5.74, 6) is -1.25. The van der Waals surface area contributed by atoms with E-state index in [1.807, 2.05) is 30.3 Å². The van der Waals surface area contributed by atoms with E-state index >= 15 is 0 Å². The van der Waals surface area contributed by atoms with Crippen molar-refractivity contribution in [2.45, 2.75) is 19.6 Å². The number of nitrogens with zero attached hydrogens (tertiary/aromatic N) is 2. The van der Waals surface area contributed by atoms with Gasteiger partial charge in [0.25, 0.3) is 5.91 Å². The van der Waals surface area contributed by atoms with Crippen LogP contribution in [0, 0.1) is 0 Å². The van der Waals surface area contributed by atoms with E-state index in [4.69, 9.17) is 4.74 Å². The molecule has 3 amide bonds. The maximum absolute atomic E-state index is 12.2. The van der Waals surface area contributed by atoms with E-state index in [0.717, 1.165) is 10.5 Å². The zero-order chi connectivity index (χ0) is 18.5. The summed E-state index contributed by atoms with van der Waals surface area (Å²) in [6.07, 6.45) is -1.06. The van der Waals surface area contributed by atoms with Crippen molar-refractivity contribution in [1.82, 2.24) is 15.2 Å². The molecule has 9 heteroatoms. The van der Waals surface area contributed by atoms with Crippen molar-refractivity contribution in [3.63, 3.8) is 0 Å². The molecule has 1 aromatic heterocycles. The molecule has 2 N–H and O–H groups in total. The van der Waals surface area contributed by atoms with Crippen LogP contribution >= 0.6 is 11.3 Å². The summed E-state index contributed by atoms with van der Waals surface area (Å²) in [4.78, 5) is 41.0. The number of carbonyl (C=O) groups is 3. The molecule has 1 aliphatic heterocycles. The van der Waals surface area contributed by atoms with Crippen molar-refractivity contribution in [3.8, 4) is 0 Å². The van der Waals surface area contributed by atoms with Gasteiger partial charge in [0.2, 0.25) is 0 Å². The van der Waals surface area contributed by atoms with Crippen molar-refractivity contribution in [1.29, 1.82) is 0 Å². The van der Waals surface area contributed by atoms with Gasteiger partial charge in [0, 0.05) is 25.0 Å². The summed E-state index contributed by atoms with van der Waals surface area (Å²) in [7, 11) is 0. The topological polar surface area (TPSA) is 101 Å². The fourth-order valence-corrected chi connectivity index (χ4v) is 3.07. The normalized spacial score (nSPS) is 14.7. The molecule has 1 atom stereocenters. The molecule has 1 saturated heterocycles. The third-order valence-electron chi connectivity index (χ3n) is 3.75. The molecule has 1 aliphatic rings. The zero-order valence-electron chi connectivity index (χ0n) is 14.1. The van der Waals surface area contributed by atoms with Crippen LogP contribution in [0.15, 0.2) is 35.7 Å². The molecule has 0 aliphatic carbocycles. The van der Waals surface area contributed by atoms with Gasteiger partial charge in [-0.2, -0.15) is 0 Å². The molecule has 0 radical (unpaired) electrons. The van der Waals surface area contributed by atoms with E-state index in [9.17, 15) is 14.4 Å². The number of carbonyl (C=O) groups excluding carboxylic acids is 3. The van der Waals surface area contributed by atoms with Crippen LogP contribution in [0.1, 0.15) is 23.0 Å². The fourth-order valence-electron chi connectivity index (χ4n) is 2.39. The quantitative estimate of drug-likeness (QED) is 0.749. The molecule has 1 unspecified atom stereocenters. The first-order valence-electron chi connectivity index (χ1n) is 8.08. The Kier molecular flexibility index (Phi) is 5.47. The Morgan fingerprint density at radius 3 is 2.85 bits per heavy atom. The van der Waals surface area contributed by atoms with Crippen molar-refractivity contribution in [2.75, 3.05) is 18.4 Å². The van der Waals surface area contributed by atoms with Crippen LogP contribution in [0.25, 0.3) is 0 Å². The Morgan fingerprint density at radius 2 is 2.15 bits per heavy atom. The number of thiazole rings is 1. The summed E-state index contributed by atoms with van der Waals surface area (Å²) in [6, 6.07) is 9.32. The minimum absolute atomic E-state index is 0.121. The number of nitrogens with one attached hydrogen (secondary N) is 2. The summed E-state index contributed by atoms with van der Waals surface area (Å²) in [5, 5.41) is 7.81. The molecular formula is C17H18N4O4S. The highest BCUT2D eigenvalue weighted by atomic mass is 32.1. The van der Waals surface area contributed by atoms with E-state index in [2.05, 4.69) is 15.6 Å². The molecule has 2 heterocycles. The number of hydrogen-bond acceptors (Lipinski definition) is 7. The average Bonchev–Trinajstić information content (AvgIpc) is 3.29. The number of ether oxygens (including phenoxy) is 1. The highest BCUT2D eigenvalue weighted by Gasteiger charge is 2.32. The Bertz CT molecular complexity index is 808. The summed E-state index contributed by atoms with van der Waals surface area (Å²) >= 11 is 1.28. The second-order valence-electron chi connectivity index (χ2n) is 5.65. The van der Waals surface area contributed by atoms with Gasteiger partial charge >= 0.3 is 12.0 Å². The van der Waals surface area contributed by atoms with Crippen LogP contribution in [0.4, 0.5) is 9.93 Å². The molecule has 136 valence electrons. The number of hydrogen-bond donors (Lipinski definition) is 2. The molecule has 0 bridgehead atoms. The Balaban J connectivity index is 1.54. The number of amides is 3. The highest BCUT2D eigenvalue weighted by Crippen LogP contribution is 2.18. The first-order chi connectivity index (χ1) is 12.5. The third-order valence-corrected chi connectivity index (χ3v) is 4.55. The molecule has 8 nitrogen and oxygen atoms in total. The molecule has 1 fully saturated rings. The summed E-state index contributed by atoms with van der Waals surface area (Å²) in [5.41, 5.74) is 1.21. The predicted octanol–water partition coefficient (Wildman–Crippen LogP) is 1.85. The second kappa shape index (κ2) is 7.96. The average molecular weight is 374 g/mol. The van der Waals surface area contributed by atoms with Gasteiger partial charge in [-0.05, 0) is 12.5 Å². The van der Waals surface area contributed by atoms with Gasteiger partial charge in [-0.25, -0.2) is 14.6 Å². The van der Waals surface area contributed by atoms with Crippen molar-refractivity contribution >= 4 is 34.4 Å². The molecule has 1 aromatic carbocycles. The summed E-state index contributed by atoms with van der Waals surface area (Å²) in [6.45, 7) is 2.69. The number of aromatic nitrogens is 1. The van der Waals surface area contributed by atoms with E-state index in [1.165, 1.54) is 18.3 Å². The molecule has 2 aromatic rings. The number of rotatable bonds is 6. The number of urea groups is 1. The van der Waals surface area contributed by atoms with Crippen LogP contribution in [0.3, 0.4) is 0 Å². The second-order valence-corrected chi connectivity index (χ2v) is 6.50. The lowest BCUT2D eigenvalue weighted by Crippen LogP contribution is -2.41. The lowest BCUT2D eigenvalue weighted by Gasteiger charge is -2.17. The van der Waals surface area contributed by atoms with Gasteiger partial charge < -0.3 is 15.4 Å². The lowest BCUT2D eigenvalue weighted by molar-refractivity contribution is -0.136. The molecule has 0 saturated carbocycles. The van der Waals surface area contributed by atoms with Crippen LogP contribution in [-0.2, 0) is 16.1 Å². The SMILES string of the molecule is CC(OC(=O)c1csc(NCc2ccccc2)n1)C(=O)N1CCNC1=O. The van der Waals surface area contributed by atoms with Gasteiger partial charge in [0.15, 0.2) is 16.9 Å². The van der Waals surface area contributed by atoms with Gasteiger partial charge in [0.1, 0.15) is 0 Å². The van der Waals surface area contributed by atoms with Gasteiger partial charge in [0.05, 0.1) is 0 Å². The third kappa shape index (κ3) is 4.17. The Morgan fingerprint density at radius 1 is 1.38 bits per heavy atom. The van der Waals surface area contributed by atoms with E-state index in [0.29, 0.717) is 18.2 Å². The van der Waals surface area contributed by atoms with Crippen molar-refractivity contribution in [3.05, 3.63) is 47.0 Å². The standard InChI is InChI=1S/C17H18N4O4S/c1-11(14(22)21-8-7-18-17(21)24)25-15(23)13-10-26-16(20-13)19-9-12-5-3-2-4-6-12/h2-6,10-11H,7-9H2,1H3,(H,18,24)(H,19,20). The van der Waals surface area contributed by atoms with Gasteiger partial charge in [-0.3, -0.25) is 9.69 Å². The van der Waals surface area contributed by atoms with Crippen LogP contribution in [0.2, 0.25) is 0 Å². The Hall–Kier alpha value is -2.94. The smallest absolute Gasteiger partial charge is 0.358 e. The van der Waals surface area contributed by atoms with Gasteiger partial charge in [-0.1, -0.05) is 30.3 Å². The number of imide groups is 1. The first-order valence-corrected chi connectivity index (χ1v) is 8.96. The maximum Gasteiger partial charge on any atom is 0.358 e. The molecule has 3 rings (SSSR count). The monoisotopic (exact) mass is 374 g/mol. The number of esters is 1. The van der Waals surface area contributed by atoms with E-state index in [-0.39, 0.29) is 12.2 Å². The van der Waals surface area contributed by atoms with Crippen LogP contribution < -0.4 is 10.6 Å². The molecule has 26 heavy (non-hydrogen) atoms. The maximum atomic E-state index is 12.2. The van der Waals surface area contributed by atoms with Crippen LogP contribution in [-0.4, -0.2) is 47.0 Å². The minimum Gasteiger partial charge on any atom is -0.448 e. The minimum atomic E-state index is -1.06. The number of anilines is 1. The van der Waals surface area contributed by atoms with E-state index in [1.54, 1.807) is 5.38 Å². The van der Waals surface area contributed by atoms with Crippen LogP contribution in [0.5, 0.6) is 0 Å². The summed E-state index contributed by atoms with van der Waals surface area (Å²) < 4.78 is 5.14. The molecule has 0 spiro atoms. The first kappa shape index (κ1) is 17.9. The Labute approximate surface area is 154 Å². The zero-order valence-corrected chi connectivity index (χ0v) is 14.9. The largest absolute Gasteiger partial charge is 0.448 e. The molecular weight excluding hydrogens is 356 g/mol. The van der Waals surface area contributed by atoms with Crippen molar-refractivity contribution in [2.24, 2.45) is 0 Å². The van der Waals surface area contributed by atoms with Crippen molar-refractivity contribution < 1.29 is 19.1 Å².